The van der Waals surface area contributed by atoms with Gasteiger partial charge < -0.3 is 15.0 Å². The quantitative estimate of drug-likeness (QED) is 0.777. The average molecular weight is 280 g/mol. The molecule has 1 saturated heterocycles. The Morgan fingerprint density at radius 2 is 2.30 bits per heavy atom. The van der Waals surface area contributed by atoms with Crippen LogP contribution in [0.3, 0.4) is 0 Å². The van der Waals surface area contributed by atoms with Gasteiger partial charge in [-0.25, -0.2) is 4.39 Å². The second kappa shape index (κ2) is 7.60. The lowest BCUT2D eigenvalue weighted by molar-refractivity contribution is 0.116. The number of halogens is 1. The van der Waals surface area contributed by atoms with Crippen molar-refractivity contribution in [2.75, 3.05) is 31.6 Å². The van der Waals surface area contributed by atoms with Gasteiger partial charge in [-0.2, -0.15) is 0 Å². The van der Waals surface area contributed by atoms with Gasteiger partial charge in [0, 0.05) is 26.7 Å². The molecule has 112 valence electrons. The normalized spacial score (nSPS) is 18.4. The Morgan fingerprint density at radius 1 is 1.45 bits per heavy atom. The zero-order chi connectivity index (χ0) is 14.4. The average Bonchev–Trinajstić information content (AvgIpc) is 2.92. The van der Waals surface area contributed by atoms with Crippen molar-refractivity contribution in [3.05, 3.63) is 29.6 Å². The number of benzene rings is 1. The molecule has 3 nitrogen and oxygen atoms in total. The zero-order valence-corrected chi connectivity index (χ0v) is 12.5. The largest absolute Gasteiger partial charge is 0.376 e. The lowest BCUT2D eigenvalue weighted by Gasteiger charge is -2.23. The van der Waals surface area contributed by atoms with E-state index in [1.807, 2.05) is 24.1 Å². The van der Waals surface area contributed by atoms with Crippen LogP contribution < -0.4 is 10.2 Å². The molecule has 20 heavy (non-hydrogen) atoms. The maximum atomic E-state index is 14.2. The van der Waals surface area contributed by atoms with Crippen LogP contribution >= 0.6 is 0 Å². The van der Waals surface area contributed by atoms with Crippen molar-refractivity contribution in [1.29, 1.82) is 0 Å². The molecule has 0 aromatic heterocycles. The summed E-state index contributed by atoms with van der Waals surface area (Å²) >= 11 is 0. The summed E-state index contributed by atoms with van der Waals surface area (Å²) in [5.74, 6) is -0.152. The van der Waals surface area contributed by atoms with E-state index in [1.54, 1.807) is 6.07 Å². The lowest BCUT2D eigenvalue weighted by Crippen LogP contribution is -2.29. The van der Waals surface area contributed by atoms with E-state index in [2.05, 4.69) is 12.2 Å². The fourth-order valence-electron chi connectivity index (χ4n) is 2.57. The Hall–Kier alpha value is -1.13. The summed E-state index contributed by atoms with van der Waals surface area (Å²) < 4.78 is 19.8. The van der Waals surface area contributed by atoms with E-state index < -0.39 is 0 Å². The van der Waals surface area contributed by atoms with E-state index in [0.29, 0.717) is 5.69 Å². The first-order valence-electron chi connectivity index (χ1n) is 7.52. The van der Waals surface area contributed by atoms with Gasteiger partial charge in [0.1, 0.15) is 5.82 Å². The summed E-state index contributed by atoms with van der Waals surface area (Å²) in [5, 5.41) is 3.29. The summed E-state index contributed by atoms with van der Waals surface area (Å²) in [7, 11) is 1.93. The molecule has 0 aliphatic carbocycles. The summed E-state index contributed by atoms with van der Waals surface area (Å²) in [5.41, 5.74) is 1.64. The van der Waals surface area contributed by atoms with Crippen LogP contribution in [-0.4, -0.2) is 32.8 Å². The SMILES string of the molecule is CCCNCc1ccc(N(C)CC2CCCO2)c(F)c1. The molecule has 1 heterocycles. The van der Waals surface area contributed by atoms with Gasteiger partial charge in [0.25, 0.3) is 0 Å². The van der Waals surface area contributed by atoms with Crippen molar-refractivity contribution in [2.24, 2.45) is 0 Å². The smallest absolute Gasteiger partial charge is 0.146 e. The molecular weight excluding hydrogens is 255 g/mol. The van der Waals surface area contributed by atoms with E-state index in [9.17, 15) is 4.39 Å². The molecule has 0 spiro atoms. The summed E-state index contributed by atoms with van der Waals surface area (Å²) in [6.07, 6.45) is 3.52. The Labute approximate surface area is 121 Å². The number of rotatable bonds is 7. The molecule has 4 heteroatoms. The molecule has 1 aromatic rings. The summed E-state index contributed by atoms with van der Waals surface area (Å²) in [4.78, 5) is 1.95. The van der Waals surface area contributed by atoms with Crippen LogP contribution in [0.25, 0.3) is 0 Å². The van der Waals surface area contributed by atoms with Gasteiger partial charge in [0.05, 0.1) is 11.8 Å². The number of nitrogens with zero attached hydrogens (tertiary/aromatic N) is 1. The van der Waals surface area contributed by atoms with Crippen molar-refractivity contribution in [3.63, 3.8) is 0 Å². The number of hydrogen-bond donors (Lipinski definition) is 1. The number of hydrogen-bond acceptors (Lipinski definition) is 3. The summed E-state index contributed by atoms with van der Waals surface area (Å²) in [6, 6.07) is 5.49. The highest BCUT2D eigenvalue weighted by molar-refractivity contribution is 5.48. The first-order valence-corrected chi connectivity index (χ1v) is 7.52. The highest BCUT2D eigenvalue weighted by Crippen LogP contribution is 2.22. The van der Waals surface area contributed by atoms with Crippen LogP contribution in [0, 0.1) is 5.82 Å². The zero-order valence-electron chi connectivity index (χ0n) is 12.5. The summed E-state index contributed by atoms with van der Waals surface area (Å²) in [6.45, 7) is 5.40. The minimum Gasteiger partial charge on any atom is -0.376 e. The third kappa shape index (κ3) is 4.18. The fraction of sp³-hybridized carbons (Fsp3) is 0.625. The molecule has 1 fully saturated rings. The van der Waals surface area contributed by atoms with Gasteiger partial charge in [0.15, 0.2) is 0 Å². The van der Waals surface area contributed by atoms with Crippen molar-refractivity contribution >= 4 is 5.69 Å². The highest BCUT2D eigenvalue weighted by Gasteiger charge is 2.19. The Kier molecular flexibility index (Phi) is 5.80. The fourth-order valence-corrected chi connectivity index (χ4v) is 2.57. The number of nitrogens with one attached hydrogen (secondary N) is 1. The molecular formula is C16H25FN2O. The van der Waals surface area contributed by atoms with Crippen LogP contribution in [0.1, 0.15) is 31.7 Å². The first kappa shape index (κ1) is 15.3. The Bertz CT molecular complexity index is 419. The van der Waals surface area contributed by atoms with E-state index in [4.69, 9.17) is 4.74 Å². The minimum atomic E-state index is -0.152. The number of likely N-dealkylation sites (N-methyl/N-ethyl adjacent to an activating group) is 1. The molecule has 2 rings (SSSR count). The molecule has 1 aliphatic rings. The Morgan fingerprint density at radius 3 is 2.95 bits per heavy atom. The Balaban J connectivity index is 1.93. The van der Waals surface area contributed by atoms with Gasteiger partial charge in [-0.15, -0.1) is 0 Å². The molecule has 1 aliphatic heterocycles. The lowest BCUT2D eigenvalue weighted by atomic mass is 10.1. The van der Waals surface area contributed by atoms with Crippen LogP contribution in [-0.2, 0) is 11.3 Å². The van der Waals surface area contributed by atoms with Crippen molar-refractivity contribution in [1.82, 2.24) is 5.32 Å². The van der Waals surface area contributed by atoms with E-state index in [0.717, 1.165) is 51.1 Å². The molecule has 0 amide bonds. The molecule has 1 unspecified atom stereocenters. The van der Waals surface area contributed by atoms with Gasteiger partial charge in [0.2, 0.25) is 0 Å². The molecule has 1 N–H and O–H groups in total. The van der Waals surface area contributed by atoms with Gasteiger partial charge >= 0.3 is 0 Å². The molecule has 0 saturated carbocycles. The van der Waals surface area contributed by atoms with Crippen molar-refractivity contribution in [2.45, 2.75) is 38.8 Å². The van der Waals surface area contributed by atoms with Crippen LogP contribution in [0.15, 0.2) is 18.2 Å². The van der Waals surface area contributed by atoms with E-state index in [-0.39, 0.29) is 11.9 Å². The second-order valence-electron chi connectivity index (χ2n) is 5.48. The monoisotopic (exact) mass is 280 g/mol. The van der Waals surface area contributed by atoms with Gasteiger partial charge in [-0.05, 0) is 43.5 Å². The maximum Gasteiger partial charge on any atom is 0.146 e. The molecule has 1 atom stereocenters. The standard InChI is InChI=1S/C16H25FN2O/c1-3-8-18-11-13-6-7-16(15(17)10-13)19(2)12-14-5-4-9-20-14/h6-7,10,14,18H,3-5,8-9,11-12H2,1-2H3. The number of ether oxygens (including phenoxy) is 1. The predicted molar refractivity (Wildman–Crippen MR) is 80.6 cm³/mol. The number of anilines is 1. The topological polar surface area (TPSA) is 24.5 Å². The maximum absolute atomic E-state index is 14.2. The highest BCUT2D eigenvalue weighted by atomic mass is 19.1. The minimum absolute atomic E-state index is 0.152. The third-order valence-electron chi connectivity index (χ3n) is 3.68. The first-order chi connectivity index (χ1) is 9.70. The molecule has 0 radical (unpaired) electrons. The van der Waals surface area contributed by atoms with Crippen LogP contribution in [0.2, 0.25) is 0 Å². The van der Waals surface area contributed by atoms with Crippen molar-refractivity contribution < 1.29 is 9.13 Å². The second-order valence-corrected chi connectivity index (χ2v) is 5.48. The van der Waals surface area contributed by atoms with Crippen LogP contribution in [0.5, 0.6) is 0 Å². The predicted octanol–water partition coefficient (Wildman–Crippen LogP) is 2.94. The third-order valence-corrected chi connectivity index (χ3v) is 3.68. The molecule has 1 aromatic carbocycles. The van der Waals surface area contributed by atoms with E-state index in [1.165, 1.54) is 0 Å². The van der Waals surface area contributed by atoms with Gasteiger partial charge in [-0.3, -0.25) is 0 Å². The van der Waals surface area contributed by atoms with E-state index >= 15 is 0 Å². The van der Waals surface area contributed by atoms with Crippen molar-refractivity contribution in [3.8, 4) is 0 Å². The van der Waals surface area contributed by atoms with Crippen LogP contribution in [0.4, 0.5) is 10.1 Å². The molecule has 0 bridgehead atoms. The van der Waals surface area contributed by atoms with Gasteiger partial charge in [-0.1, -0.05) is 13.0 Å².